The maximum absolute atomic E-state index is 13.1. The lowest BCUT2D eigenvalue weighted by atomic mass is 10.1. The van der Waals surface area contributed by atoms with Gasteiger partial charge < -0.3 is 4.43 Å². The average molecular weight is 426 g/mol. The Morgan fingerprint density at radius 3 is 2.29 bits per heavy atom. The van der Waals surface area contributed by atoms with E-state index in [9.17, 15) is 9.59 Å². The van der Waals surface area contributed by atoms with Gasteiger partial charge in [0.2, 0.25) is 0 Å². The van der Waals surface area contributed by atoms with Gasteiger partial charge in [-0.15, -0.1) is 0 Å². The van der Waals surface area contributed by atoms with Gasteiger partial charge in [0.1, 0.15) is 5.15 Å². The molecule has 0 N–H and O–H groups in total. The standard InChI is InChI=1S/C20H32ClN3O3Si/c1-19(2,3)24-15-13-22-16(21)12-14(15)17(25)23(18(24)26)10-9-11-27-28(7,8)20(4,5)6/h12-13H,9-11H2,1-8H3. The highest BCUT2D eigenvalue weighted by Gasteiger charge is 2.36. The summed E-state index contributed by atoms with van der Waals surface area (Å²) in [5.74, 6) is 0. The van der Waals surface area contributed by atoms with Gasteiger partial charge in [-0.2, -0.15) is 0 Å². The summed E-state index contributed by atoms with van der Waals surface area (Å²) in [6.07, 6.45) is 2.09. The van der Waals surface area contributed by atoms with Crippen LogP contribution in [0.3, 0.4) is 0 Å². The molecule has 156 valence electrons. The van der Waals surface area contributed by atoms with Gasteiger partial charge in [0, 0.05) is 18.7 Å². The number of rotatable bonds is 5. The minimum absolute atomic E-state index is 0.121. The molecular formula is C20H32ClN3O3Si. The predicted molar refractivity (Wildman–Crippen MR) is 118 cm³/mol. The highest BCUT2D eigenvalue weighted by atomic mass is 35.5. The van der Waals surface area contributed by atoms with Crippen LogP contribution < -0.4 is 11.2 Å². The molecule has 0 aliphatic heterocycles. The van der Waals surface area contributed by atoms with Crippen LogP contribution in [0.1, 0.15) is 48.0 Å². The predicted octanol–water partition coefficient (Wildman–Crippen LogP) is 4.38. The second kappa shape index (κ2) is 7.76. The van der Waals surface area contributed by atoms with E-state index < -0.39 is 13.9 Å². The molecule has 0 aromatic carbocycles. The SMILES string of the molecule is CC(C)(C)n1c(=O)n(CCCO[Si](C)(C)C(C)(C)C)c(=O)c2cc(Cl)ncc21. The lowest BCUT2D eigenvalue weighted by molar-refractivity contribution is 0.271. The smallest absolute Gasteiger partial charge is 0.332 e. The number of fused-ring (bicyclic) bond motifs is 1. The number of pyridine rings is 1. The zero-order chi connectivity index (χ0) is 21.5. The Labute approximate surface area is 172 Å². The third-order valence-electron chi connectivity index (χ3n) is 5.45. The van der Waals surface area contributed by atoms with Crippen molar-refractivity contribution in [2.45, 2.75) is 78.2 Å². The average Bonchev–Trinajstić information content (AvgIpc) is 2.52. The third kappa shape index (κ3) is 4.58. The van der Waals surface area contributed by atoms with E-state index in [1.165, 1.54) is 16.8 Å². The minimum Gasteiger partial charge on any atom is -0.417 e. The van der Waals surface area contributed by atoms with Crippen LogP contribution in [0, 0.1) is 0 Å². The topological polar surface area (TPSA) is 66.1 Å². The van der Waals surface area contributed by atoms with Crippen molar-refractivity contribution in [1.29, 1.82) is 0 Å². The Morgan fingerprint density at radius 1 is 1.14 bits per heavy atom. The second-order valence-electron chi connectivity index (χ2n) is 9.73. The third-order valence-corrected chi connectivity index (χ3v) is 10.2. The second-order valence-corrected chi connectivity index (χ2v) is 14.9. The summed E-state index contributed by atoms with van der Waals surface area (Å²) < 4.78 is 9.09. The van der Waals surface area contributed by atoms with Gasteiger partial charge in [0.05, 0.1) is 17.1 Å². The van der Waals surface area contributed by atoms with E-state index in [0.717, 1.165) is 0 Å². The van der Waals surface area contributed by atoms with E-state index in [1.807, 2.05) is 20.8 Å². The van der Waals surface area contributed by atoms with Gasteiger partial charge in [-0.1, -0.05) is 32.4 Å². The molecule has 2 aromatic heterocycles. The van der Waals surface area contributed by atoms with Crippen molar-refractivity contribution in [1.82, 2.24) is 14.1 Å². The Balaban J connectivity index is 2.40. The van der Waals surface area contributed by atoms with E-state index in [-0.39, 0.29) is 21.4 Å². The molecule has 0 aliphatic rings. The lowest BCUT2D eigenvalue weighted by Gasteiger charge is -2.36. The highest BCUT2D eigenvalue weighted by molar-refractivity contribution is 6.74. The Bertz CT molecular complexity index is 982. The molecule has 0 spiro atoms. The molecule has 0 saturated carbocycles. The van der Waals surface area contributed by atoms with Gasteiger partial charge in [0.25, 0.3) is 5.56 Å². The zero-order valence-corrected chi connectivity index (χ0v) is 20.0. The van der Waals surface area contributed by atoms with Crippen LogP contribution in [0.25, 0.3) is 10.9 Å². The summed E-state index contributed by atoms with van der Waals surface area (Å²) in [7, 11) is -1.86. The fourth-order valence-corrected chi connectivity index (χ4v) is 4.09. The molecule has 28 heavy (non-hydrogen) atoms. The number of hydrogen-bond acceptors (Lipinski definition) is 4. The van der Waals surface area contributed by atoms with Crippen molar-refractivity contribution in [3.63, 3.8) is 0 Å². The molecule has 0 unspecified atom stereocenters. The Morgan fingerprint density at radius 2 is 1.75 bits per heavy atom. The van der Waals surface area contributed by atoms with Crippen molar-refractivity contribution >= 4 is 30.8 Å². The largest absolute Gasteiger partial charge is 0.417 e. The molecule has 2 aromatic rings. The number of nitrogens with zero attached hydrogens (tertiary/aromatic N) is 3. The van der Waals surface area contributed by atoms with E-state index in [1.54, 1.807) is 4.57 Å². The Hall–Kier alpha value is -1.44. The number of aromatic nitrogens is 3. The molecule has 8 heteroatoms. The molecule has 0 fully saturated rings. The molecule has 2 heterocycles. The van der Waals surface area contributed by atoms with Crippen LogP contribution in [-0.2, 0) is 16.5 Å². The first-order valence-electron chi connectivity index (χ1n) is 9.62. The molecule has 0 radical (unpaired) electrons. The van der Waals surface area contributed by atoms with Crippen LogP contribution in [0.5, 0.6) is 0 Å². The molecule has 6 nitrogen and oxygen atoms in total. The van der Waals surface area contributed by atoms with Crippen LogP contribution in [0.4, 0.5) is 0 Å². The van der Waals surface area contributed by atoms with Crippen molar-refractivity contribution in [2.24, 2.45) is 0 Å². The maximum Gasteiger partial charge on any atom is 0.332 e. The van der Waals surface area contributed by atoms with E-state index in [0.29, 0.717) is 30.5 Å². The summed E-state index contributed by atoms with van der Waals surface area (Å²) in [6, 6.07) is 1.53. The first kappa shape index (κ1) is 22.8. The summed E-state index contributed by atoms with van der Waals surface area (Å²) in [4.78, 5) is 30.1. The molecule has 2 rings (SSSR count). The number of hydrogen-bond donors (Lipinski definition) is 0. The number of halogens is 1. The monoisotopic (exact) mass is 425 g/mol. The van der Waals surface area contributed by atoms with Crippen molar-refractivity contribution in [3.05, 3.63) is 38.3 Å². The molecule has 0 amide bonds. The fourth-order valence-electron chi connectivity index (χ4n) is 2.84. The van der Waals surface area contributed by atoms with E-state index >= 15 is 0 Å². The van der Waals surface area contributed by atoms with Gasteiger partial charge in [-0.05, 0) is 51.4 Å². The highest BCUT2D eigenvalue weighted by Crippen LogP contribution is 2.36. The minimum atomic E-state index is -1.86. The van der Waals surface area contributed by atoms with Gasteiger partial charge in [-0.25, -0.2) is 9.78 Å². The van der Waals surface area contributed by atoms with Gasteiger partial charge in [0.15, 0.2) is 8.32 Å². The lowest BCUT2D eigenvalue weighted by Crippen LogP contribution is -2.46. The van der Waals surface area contributed by atoms with Gasteiger partial charge in [-0.3, -0.25) is 13.9 Å². The summed E-state index contributed by atoms with van der Waals surface area (Å²) in [5, 5.41) is 0.756. The molecule has 0 atom stereocenters. The van der Waals surface area contributed by atoms with Crippen molar-refractivity contribution in [3.8, 4) is 0 Å². The first-order valence-corrected chi connectivity index (χ1v) is 12.9. The normalized spacial score (nSPS) is 13.3. The van der Waals surface area contributed by atoms with E-state index in [4.69, 9.17) is 16.0 Å². The van der Waals surface area contributed by atoms with E-state index in [2.05, 4.69) is 38.8 Å². The quantitative estimate of drug-likeness (QED) is 0.405. The maximum atomic E-state index is 13.1. The van der Waals surface area contributed by atoms with Crippen molar-refractivity contribution in [2.75, 3.05) is 6.61 Å². The summed E-state index contributed by atoms with van der Waals surface area (Å²) in [6.45, 7) is 17.6. The zero-order valence-electron chi connectivity index (χ0n) is 18.2. The molecule has 0 bridgehead atoms. The van der Waals surface area contributed by atoms with Gasteiger partial charge >= 0.3 is 5.69 Å². The first-order chi connectivity index (χ1) is 12.7. The Kier molecular flexibility index (Phi) is 6.33. The van der Waals surface area contributed by atoms with Crippen molar-refractivity contribution < 1.29 is 4.43 Å². The molecule has 0 aliphatic carbocycles. The summed E-state index contributed by atoms with van der Waals surface area (Å²) >= 11 is 6.01. The summed E-state index contributed by atoms with van der Waals surface area (Å²) in [5.41, 5.74) is -0.669. The fraction of sp³-hybridized carbons (Fsp3) is 0.650. The van der Waals surface area contributed by atoms with Crippen LogP contribution in [-0.4, -0.2) is 29.0 Å². The van der Waals surface area contributed by atoms with Crippen LogP contribution >= 0.6 is 11.6 Å². The van der Waals surface area contributed by atoms with Crippen LogP contribution in [0.15, 0.2) is 21.9 Å². The molecular weight excluding hydrogens is 394 g/mol. The molecule has 0 saturated heterocycles. The van der Waals surface area contributed by atoms with Crippen LogP contribution in [0.2, 0.25) is 23.3 Å².